The summed E-state index contributed by atoms with van der Waals surface area (Å²) in [6, 6.07) is 4.42. The first-order chi connectivity index (χ1) is 5.27. The zero-order chi connectivity index (χ0) is 7.84. The Kier molecular flexibility index (Phi) is 1.15. The Hall–Kier alpha value is -1.45. The Bertz CT molecular complexity index is 393. The third kappa shape index (κ3) is 0.869. The van der Waals surface area contributed by atoms with Gasteiger partial charge in [0.15, 0.2) is 0 Å². The first kappa shape index (κ1) is 6.27. The zero-order valence-electron chi connectivity index (χ0n) is 5.95. The first-order valence-electron chi connectivity index (χ1n) is 3.22. The minimum absolute atomic E-state index is 0.280. The molecule has 0 spiro atoms. The van der Waals surface area contributed by atoms with E-state index in [4.69, 9.17) is 0 Å². The molecule has 0 saturated carbocycles. The molecule has 0 radical (unpaired) electrons. The monoisotopic (exact) mass is 151 g/mol. The van der Waals surface area contributed by atoms with Gasteiger partial charge in [0.25, 0.3) is 0 Å². The second-order valence-electron chi connectivity index (χ2n) is 2.35. The molecule has 0 aliphatic rings. The highest BCUT2D eigenvalue weighted by atomic mass is 19.1. The Morgan fingerprint density at radius 3 is 3.09 bits per heavy atom. The van der Waals surface area contributed by atoms with Gasteiger partial charge in [-0.25, -0.2) is 9.07 Å². The molecular weight excluding hydrogens is 145 g/mol. The van der Waals surface area contributed by atoms with E-state index in [1.54, 1.807) is 17.8 Å². The van der Waals surface area contributed by atoms with Crippen molar-refractivity contribution in [1.29, 1.82) is 0 Å². The largest absolute Gasteiger partial charge is 0.248 e. The predicted octanol–water partition coefficient (Wildman–Crippen LogP) is 1.11. The molecule has 0 aliphatic carbocycles. The van der Waals surface area contributed by atoms with Gasteiger partial charge in [-0.1, -0.05) is 5.21 Å². The van der Waals surface area contributed by atoms with Crippen LogP contribution in [0, 0.1) is 5.82 Å². The summed E-state index contributed by atoms with van der Waals surface area (Å²) in [4.78, 5) is 0. The highest BCUT2D eigenvalue weighted by Crippen LogP contribution is 2.10. The molecule has 56 valence electrons. The number of fused-ring (bicyclic) bond motifs is 1. The predicted molar refractivity (Wildman–Crippen MR) is 38.5 cm³/mol. The number of rotatable bonds is 0. The second-order valence-corrected chi connectivity index (χ2v) is 2.35. The van der Waals surface area contributed by atoms with E-state index in [2.05, 4.69) is 10.3 Å². The lowest BCUT2D eigenvalue weighted by Gasteiger charge is -1.89. The van der Waals surface area contributed by atoms with Crippen molar-refractivity contribution in [2.75, 3.05) is 0 Å². The fourth-order valence-electron chi connectivity index (χ4n) is 1.01. The molecule has 0 bridgehead atoms. The van der Waals surface area contributed by atoms with Crippen molar-refractivity contribution < 1.29 is 4.39 Å². The molecule has 0 unspecified atom stereocenters. The molecule has 4 heteroatoms. The summed E-state index contributed by atoms with van der Waals surface area (Å²) in [6.07, 6.45) is 0. The van der Waals surface area contributed by atoms with Gasteiger partial charge in [-0.05, 0) is 12.1 Å². The Labute approximate surface area is 62.4 Å². The molecule has 0 aliphatic heterocycles. The van der Waals surface area contributed by atoms with Crippen LogP contribution in [0.2, 0.25) is 0 Å². The van der Waals surface area contributed by atoms with Crippen LogP contribution >= 0.6 is 0 Å². The average Bonchev–Trinajstić information content (AvgIpc) is 2.32. The van der Waals surface area contributed by atoms with Crippen LogP contribution in [0.15, 0.2) is 18.2 Å². The second kappa shape index (κ2) is 2.02. The normalized spacial score (nSPS) is 10.7. The van der Waals surface area contributed by atoms with E-state index in [9.17, 15) is 4.39 Å². The molecule has 1 heterocycles. The number of benzene rings is 1. The summed E-state index contributed by atoms with van der Waals surface area (Å²) < 4.78 is 14.2. The number of nitrogens with zero attached hydrogens (tertiary/aromatic N) is 3. The van der Waals surface area contributed by atoms with Crippen molar-refractivity contribution in [2.24, 2.45) is 7.05 Å². The third-order valence-electron chi connectivity index (χ3n) is 1.57. The van der Waals surface area contributed by atoms with E-state index in [1.807, 2.05) is 0 Å². The maximum Gasteiger partial charge on any atom is 0.125 e. The van der Waals surface area contributed by atoms with Gasteiger partial charge < -0.3 is 0 Å². The molecular formula is C7H6FN3. The van der Waals surface area contributed by atoms with Crippen molar-refractivity contribution in [1.82, 2.24) is 15.0 Å². The summed E-state index contributed by atoms with van der Waals surface area (Å²) in [7, 11) is 1.77. The number of aromatic nitrogens is 3. The molecule has 0 fully saturated rings. The lowest BCUT2D eigenvalue weighted by molar-refractivity contribution is 0.629. The summed E-state index contributed by atoms with van der Waals surface area (Å²) in [6.45, 7) is 0. The molecule has 0 saturated heterocycles. The van der Waals surface area contributed by atoms with Gasteiger partial charge in [-0.2, -0.15) is 0 Å². The van der Waals surface area contributed by atoms with Crippen molar-refractivity contribution in [2.45, 2.75) is 0 Å². The average molecular weight is 151 g/mol. The van der Waals surface area contributed by atoms with Crippen LogP contribution in [-0.2, 0) is 7.05 Å². The van der Waals surface area contributed by atoms with Crippen LogP contribution in [0.1, 0.15) is 0 Å². The van der Waals surface area contributed by atoms with Crippen molar-refractivity contribution in [3.8, 4) is 0 Å². The van der Waals surface area contributed by atoms with Crippen molar-refractivity contribution in [3.63, 3.8) is 0 Å². The molecule has 3 nitrogen and oxygen atoms in total. The Morgan fingerprint density at radius 2 is 2.27 bits per heavy atom. The minimum Gasteiger partial charge on any atom is -0.248 e. The summed E-state index contributed by atoms with van der Waals surface area (Å²) >= 11 is 0. The van der Waals surface area contributed by atoms with Gasteiger partial charge in [0.05, 0.1) is 5.52 Å². The molecule has 1 aromatic carbocycles. The van der Waals surface area contributed by atoms with Gasteiger partial charge in [-0.3, -0.25) is 0 Å². The smallest absolute Gasteiger partial charge is 0.125 e. The fraction of sp³-hybridized carbons (Fsp3) is 0.143. The van der Waals surface area contributed by atoms with Gasteiger partial charge in [0.2, 0.25) is 0 Å². The van der Waals surface area contributed by atoms with Crippen LogP contribution in [0.25, 0.3) is 11.0 Å². The van der Waals surface area contributed by atoms with Gasteiger partial charge in [0, 0.05) is 13.1 Å². The third-order valence-corrected chi connectivity index (χ3v) is 1.57. The molecule has 0 N–H and O–H groups in total. The molecule has 2 aromatic rings. The van der Waals surface area contributed by atoms with Crippen LogP contribution in [0.3, 0.4) is 0 Å². The van der Waals surface area contributed by atoms with E-state index in [1.165, 1.54) is 12.1 Å². The quantitative estimate of drug-likeness (QED) is 0.564. The molecule has 2 rings (SSSR count). The van der Waals surface area contributed by atoms with Crippen molar-refractivity contribution >= 4 is 11.0 Å². The van der Waals surface area contributed by atoms with E-state index >= 15 is 0 Å². The van der Waals surface area contributed by atoms with E-state index in [0.29, 0.717) is 5.52 Å². The minimum atomic E-state index is -0.280. The maximum absolute atomic E-state index is 12.6. The SMILES string of the molecule is Cn1nnc2cc(F)ccc21. The first-order valence-corrected chi connectivity index (χ1v) is 3.22. The van der Waals surface area contributed by atoms with E-state index in [0.717, 1.165) is 5.52 Å². The fourth-order valence-corrected chi connectivity index (χ4v) is 1.01. The summed E-state index contributed by atoms with van der Waals surface area (Å²) in [5.41, 5.74) is 1.43. The summed E-state index contributed by atoms with van der Waals surface area (Å²) in [5.74, 6) is -0.280. The lowest BCUT2D eigenvalue weighted by Crippen LogP contribution is -1.88. The maximum atomic E-state index is 12.6. The van der Waals surface area contributed by atoms with Crippen LogP contribution in [0.5, 0.6) is 0 Å². The van der Waals surface area contributed by atoms with Crippen LogP contribution in [-0.4, -0.2) is 15.0 Å². The van der Waals surface area contributed by atoms with E-state index < -0.39 is 0 Å². The van der Waals surface area contributed by atoms with Crippen molar-refractivity contribution in [3.05, 3.63) is 24.0 Å². The topological polar surface area (TPSA) is 30.7 Å². The standard InChI is InChI=1S/C7H6FN3/c1-11-7-3-2-5(8)4-6(7)9-10-11/h2-4H,1H3. The van der Waals surface area contributed by atoms with Gasteiger partial charge in [0.1, 0.15) is 11.3 Å². The van der Waals surface area contributed by atoms with Gasteiger partial charge >= 0.3 is 0 Å². The lowest BCUT2D eigenvalue weighted by atomic mass is 10.3. The highest BCUT2D eigenvalue weighted by molar-refractivity contribution is 5.73. The highest BCUT2D eigenvalue weighted by Gasteiger charge is 2.00. The number of hydrogen-bond acceptors (Lipinski definition) is 2. The number of hydrogen-bond donors (Lipinski definition) is 0. The molecule has 1 aromatic heterocycles. The number of halogens is 1. The number of aryl methyl sites for hydroxylation is 1. The zero-order valence-corrected chi connectivity index (χ0v) is 5.95. The Morgan fingerprint density at radius 1 is 1.45 bits per heavy atom. The van der Waals surface area contributed by atoms with Gasteiger partial charge in [-0.15, -0.1) is 5.10 Å². The van der Waals surface area contributed by atoms with E-state index in [-0.39, 0.29) is 5.82 Å². The van der Waals surface area contributed by atoms with Crippen LogP contribution in [0.4, 0.5) is 4.39 Å². The molecule has 11 heavy (non-hydrogen) atoms. The Balaban J connectivity index is 2.86. The molecule has 0 amide bonds. The van der Waals surface area contributed by atoms with Crippen LogP contribution < -0.4 is 0 Å². The molecule has 0 atom stereocenters. The summed E-state index contributed by atoms with van der Waals surface area (Å²) in [5, 5.41) is 7.49.